The Hall–Kier alpha value is -4.47. The fourth-order valence-corrected chi connectivity index (χ4v) is 3.77. The number of ether oxygens (including phenoxy) is 2. The van der Waals surface area contributed by atoms with Gasteiger partial charge in [-0.1, -0.05) is 12.1 Å². The van der Waals surface area contributed by atoms with Gasteiger partial charge in [-0.15, -0.1) is 0 Å². The fourth-order valence-electron chi connectivity index (χ4n) is 3.77. The molecular formula is C26H27N5O5. The van der Waals surface area contributed by atoms with Gasteiger partial charge in [0.05, 0.1) is 18.4 Å². The van der Waals surface area contributed by atoms with Crippen LogP contribution in [0.3, 0.4) is 0 Å². The molecule has 2 amide bonds. The molecule has 1 aromatic carbocycles. The molecule has 10 heteroatoms. The summed E-state index contributed by atoms with van der Waals surface area (Å²) in [6.07, 6.45) is 2.41. The molecule has 36 heavy (non-hydrogen) atoms. The monoisotopic (exact) mass is 489 g/mol. The molecule has 3 aromatic rings. The van der Waals surface area contributed by atoms with Crippen LogP contribution in [0.15, 0.2) is 54.9 Å². The van der Waals surface area contributed by atoms with Gasteiger partial charge in [0.2, 0.25) is 5.88 Å². The van der Waals surface area contributed by atoms with Crippen molar-refractivity contribution in [2.75, 3.05) is 37.5 Å². The van der Waals surface area contributed by atoms with Crippen molar-refractivity contribution in [1.82, 2.24) is 14.9 Å². The van der Waals surface area contributed by atoms with Crippen molar-refractivity contribution in [3.05, 3.63) is 60.4 Å². The Morgan fingerprint density at radius 1 is 1.06 bits per heavy atom. The fraction of sp³-hybridized carbons (Fsp3) is 0.269. The van der Waals surface area contributed by atoms with Crippen LogP contribution in [0.5, 0.6) is 5.88 Å². The van der Waals surface area contributed by atoms with E-state index >= 15 is 0 Å². The van der Waals surface area contributed by atoms with Crippen molar-refractivity contribution < 1.29 is 23.9 Å². The van der Waals surface area contributed by atoms with Gasteiger partial charge in [-0.25, -0.2) is 9.97 Å². The Morgan fingerprint density at radius 2 is 1.78 bits per heavy atom. The second-order valence-electron chi connectivity index (χ2n) is 8.47. The topological polar surface area (TPSA) is 114 Å². The van der Waals surface area contributed by atoms with E-state index in [-0.39, 0.29) is 11.8 Å². The van der Waals surface area contributed by atoms with Crippen LogP contribution in [0, 0.1) is 0 Å². The van der Waals surface area contributed by atoms with Crippen LogP contribution < -0.4 is 15.0 Å². The lowest BCUT2D eigenvalue weighted by molar-refractivity contribution is -0.151. The van der Waals surface area contributed by atoms with Gasteiger partial charge in [-0.3, -0.25) is 14.4 Å². The Morgan fingerprint density at radius 3 is 2.42 bits per heavy atom. The molecule has 1 aliphatic rings. The molecule has 4 rings (SSSR count). The molecule has 2 aromatic heterocycles. The second kappa shape index (κ2) is 10.4. The van der Waals surface area contributed by atoms with Gasteiger partial charge in [-0.2, -0.15) is 0 Å². The van der Waals surface area contributed by atoms with Crippen LogP contribution in [0.1, 0.15) is 24.2 Å². The summed E-state index contributed by atoms with van der Waals surface area (Å²) in [5.74, 6) is -0.0123. The normalized spacial score (nSPS) is 13.2. The second-order valence-corrected chi connectivity index (χ2v) is 8.47. The van der Waals surface area contributed by atoms with Crippen molar-refractivity contribution in [1.29, 1.82) is 0 Å². The molecule has 0 aliphatic carbocycles. The molecule has 1 unspecified atom stereocenters. The molecule has 1 atom stereocenters. The number of carbonyl (C=O) groups is 3. The smallest absolute Gasteiger partial charge is 0.303 e. The molecule has 1 aliphatic heterocycles. The molecule has 0 saturated heterocycles. The maximum atomic E-state index is 12.8. The number of anilines is 3. The summed E-state index contributed by atoms with van der Waals surface area (Å²) in [7, 11) is 3.44. The van der Waals surface area contributed by atoms with E-state index in [2.05, 4.69) is 15.3 Å². The molecule has 3 heterocycles. The maximum Gasteiger partial charge on any atom is 0.303 e. The summed E-state index contributed by atoms with van der Waals surface area (Å²) in [4.78, 5) is 48.0. The van der Waals surface area contributed by atoms with E-state index in [4.69, 9.17) is 9.47 Å². The zero-order valence-electron chi connectivity index (χ0n) is 20.5. The third-order valence-corrected chi connectivity index (χ3v) is 5.54. The van der Waals surface area contributed by atoms with Crippen LogP contribution in [0.2, 0.25) is 0 Å². The average Bonchev–Trinajstić information content (AvgIpc) is 2.87. The first-order chi connectivity index (χ1) is 17.2. The van der Waals surface area contributed by atoms with E-state index in [0.29, 0.717) is 41.8 Å². The number of esters is 1. The number of fused-ring (bicyclic) bond motifs is 1. The van der Waals surface area contributed by atoms with E-state index < -0.39 is 12.1 Å². The van der Waals surface area contributed by atoms with Crippen LogP contribution in [0.25, 0.3) is 11.1 Å². The van der Waals surface area contributed by atoms with Gasteiger partial charge in [0, 0.05) is 38.3 Å². The number of pyridine rings is 2. The number of rotatable bonds is 6. The zero-order valence-corrected chi connectivity index (χ0v) is 20.5. The van der Waals surface area contributed by atoms with E-state index in [9.17, 15) is 14.4 Å². The van der Waals surface area contributed by atoms with E-state index in [1.54, 1.807) is 44.7 Å². The Labute approximate surface area is 208 Å². The number of nitrogens with one attached hydrogen (secondary N) is 1. The highest BCUT2D eigenvalue weighted by Crippen LogP contribution is 2.33. The minimum atomic E-state index is -0.922. The number of aromatic nitrogens is 2. The quantitative estimate of drug-likeness (QED) is 0.525. The van der Waals surface area contributed by atoms with Crippen LogP contribution in [-0.4, -0.2) is 66.0 Å². The number of nitrogens with zero attached hydrogens (tertiary/aromatic N) is 4. The van der Waals surface area contributed by atoms with Gasteiger partial charge < -0.3 is 24.6 Å². The lowest BCUT2D eigenvalue weighted by atomic mass is 10.1. The lowest BCUT2D eigenvalue weighted by Gasteiger charge is -2.30. The molecule has 10 nitrogen and oxygen atoms in total. The summed E-state index contributed by atoms with van der Waals surface area (Å²) >= 11 is 0. The standard InChI is InChI=1S/C26H27N5O5/c1-16(36-17(2)32)25(33)31-11-12-35-24-22(31)13-21(15-28-24)29-23-10-9-20(14-27-23)18-5-7-19(8-6-18)26(34)30(3)4/h5-10,13-16H,11-12H2,1-4H3,(H,27,29). The predicted molar refractivity (Wildman–Crippen MR) is 134 cm³/mol. The Balaban J connectivity index is 1.49. The highest BCUT2D eigenvalue weighted by atomic mass is 16.5. The third-order valence-electron chi connectivity index (χ3n) is 5.54. The summed E-state index contributed by atoms with van der Waals surface area (Å²) in [6.45, 7) is 3.40. The van der Waals surface area contributed by atoms with Crippen molar-refractivity contribution in [3.63, 3.8) is 0 Å². The average molecular weight is 490 g/mol. The first-order valence-corrected chi connectivity index (χ1v) is 11.4. The van der Waals surface area contributed by atoms with Crippen LogP contribution >= 0.6 is 0 Å². The van der Waals surface area contributed by atoms with Gasteiger partial charge in [0.25, 0.3) is 11.8 Å². The molecule has 0 spiro atoms. The number of hydrogen-bond acceptors (Lipinski definition) is 8. The molecule has 0 saturated carbocycles. The molecular weight excluding hydrogens is 462 g/mol. The van der Waals surface area contributed by atoms with Crippen molar-refractivity contribution in [2.24, 2.45) is 0 Å². The first kappa shape index (κ1) is 24.6. The summed E-state index contributed by atoms with van der Waals surface area (Å²) in [5, 5.41) is 3.19. The van der Waals surface area contributed by atoms with Crippen LogP contribution in [0.4, 0.5) is 17.2 Å². The maximum absolute atomic E-state index is 12.8. The number of carbonyl (C=O) groups excluding carboxylic acids is 3. The van der Waals surface area contributed by atoms with Gasteiger partial charge in [0.1, 0.15) is 18.1 Å². The summed E-state index contributed by atoms with van der Waals surface area (Å²) < 4.78 is 10.6. The van der Waals surface area contributed by atoms with Crippen LogP contribution in [-0.2, 0) is 14.3 Å². The summed E-state index contributed by atoms with van der Waals surface area (Å²) in [6, 6.07) is 12.9. The number of hydrogen-bond donors (Lipinski definition) is 1. The van der Waals surface area contributed by atoms with E-state index in [0.717, 1.165) is 11.1 Å². The van der Waals surface area contributed by atoms with E-state index in [1.165, 1.54) is 23.6 Å². The molecule has 186 valence electrons. The van der Waals surface area contributed by atoms with Crippen molar-refractivity contribution >= 4 is 35.0 Å². The number of benzene rings is 1. The SMILES string of the molecule is CC(=O)OC(C)C(=O)N1CCOc2ncc(Nc3ccc(-c4ccc(C(=O)N(C)C)cc4)cn3)cc21. The molecule has 0 fully saturated rings. The molecule has 0 bridgehead atoms. The molecule has 1 N–H and O–H groups in total. The number of amides is 2. The van der Waals surface area contributed by atoms with Gasteiger partial charge >= 0.3 is 5.97 Å². The van der Waals surface area contributed by atoms with Gasteiger partial charge in [0.15, 0.2) is 6.10 Å². The van der Waals surface area contributed by atoms with Crippen molar-refractivity contribution in [3.8, 4) is 17.0 Å². The first-order valence-electron chi connectivity index (χ1n) is 11.4. The Bertz CT molecular complexity index is 1270. The predicted octanol–water partition coefficient (Wildman–Crippen LogP) is 3.27. The lowest BCUT2D eigenvalue weighted by Crippen LogP contribution is -2.44. The zero-order chi connectivity index (χ0) is 25.8. The Kier molecular flexibility index (Phi) is 7.14. The minimum absolute atomic E-state index is 0.0515. The van der Waals surface area contributed by atoms with E-state index in [1.807, 2.05) is 24.3 Å². The highest BCUT2D eigenvalue weighted by molar-refractivity contribution is 5.99. The summed E-state index contributed by atoms with van der Waals surface area (Å²) in [5.41, 5.74) is 3.56. The minimum Gasteiger partial charge on any atom is -0.474 e. The highest BCUT2D eigenvalue weighted by Gasteiger charge is 2.30. The largest absolute Gasteiger partial charge is 0.474 e. The van der Waals surface area contributed by atoms with Crippen molar-refractivity contribution in [2.45, 2.75) is 20.0 Å². The third kappa shape index (κ3) is 5.43. The van der Waals surface area contributed by atoms with Gasteiger partial charge in [-0.05, 0) is 42.8 Å². The molecule has 0 radical (unpaired) electrons.